The summed E-state index contributed by atoms with van der Waals surface area (Å²) in [5.41, 5.74) is 1.04. The van der Waals surface area contributed by atoms with Crippen LogP contribution in [0.1, 0.15) is 11.1 Å². The highest BCUT2D eigenvalue weighted by atomic mass is 19.1. The summed E-state index contributed by atoms with van der Waals surface area (Å²) in [5, 5.41) is 20.0. The van der Waals surface area contributed by atoms with Gasteiger partial charge in [0.2, 0.25) is 0 Å². The van der Waals surface area contributed by atoms with Crippen LogP contribution in [0.15, 0.2) is 36.4 Å². The van der Waals surface area contributed by atoms with Crippen molar-refractivity contribution in [2.24, 2.45) is 0 Å². The fraction of sp³-hybridized carbons (Fsp3) is 0.188. The second kappa shape index (κ2) is 6.75. The Labute approximate surface area is 132 Å². The minimum atomic E-state index is -0.540. The zero-order chi connectivity index (χ0) is 17.0. The molecule has 0 atom stereocenters. The Kier molecular flexibility index (Phi) is 4.76. The third-order valence-corrected chi connectivity index (χ3v) is 3.35. The molecular formula is C16H14FN3O3. The second-order valence-corrected chi connectivity index (χ2v) is 4.90. The molecular weight excluding hydrogens is 301 g/mol. The predicted octanol–water partition coefficient (Wildman–Crippen LogP) is 3.25. The lowest BCUT2D eigenvalue weighted by molar-refractivity contribution is -0.384. The molecule has 6 nitrogen and oxygen atoms in total. The monoisotopic (exact) mass is 315 g/mol. The van der Waals surface area contributed by atoms with Gasteiger partial charge in [0, 0.05) is 19.7 Å². The van der Waals surface area contributed by atoms with Crippen molar-refractivity contribution in [3.63, 3.8) is 0 Å². The van der Waals surface area contributed by atoms with E-state index in [-0.39, 0.29) is 23.5 Å². The molecule has 0 spiro atoms. The Morgan fingerprint density at radius 1 is 1.35 bits per heavy atom. The highest BCUT2D eigenvalue weighted by Gasteiger charge is 2.18. The number of hydrogen-bond acceptors (Lipinski definition) is 5. The first kappa shape index (κ1) is 16.2. The number of anilines is 1. The third-order valence-electron chi connectivity index (χ3n) is 3.35. The maximum Gasteiger partial charge on any atom is 0.293 e. The summed E-state index contributed by atoms with van der Waals surface area (Å²) in [7, 11) is 3.04. The quantitative estimate of drug-likeness (QED) is 0.625. The number of methoxy groups -OCH3 is 1. The van der Waals surface area contributed by atoms with E-state index in [4.69, 9.17) is 10.00 Å². The van der Waals surface area contributed by atoms with Crippen molar-refractivity contribution in [3.05, 3.63) is 63.5 Å². The van der Waals surface area contributed by atoms with Gasteiger partial charge in [-0.15, -0.1) is 0 Å². The van der Waals surface area contributed by atoms with Crippen LogP contribution in [0.4, 0.5) is 15.8 Å². The molecule has 2 aromatic carbocycles. The average Bonchev–Trinajstić information content (AvgIpc) is 2.54. The Bertz CT molecular complexity index is 787. The van der Waals surface area contributed by atoms with Crippen LogP contribution in [0, 0.1) is 27.3 Å². The highest BCUT2D eigenvalue weighted by Crippen LogP contribution is 2.29. The first-order valence-corrected chi connectivity index (χ1v) is 6.68. The number of nitro benzene ring substituents is 1. The summed E-state index contributed by atoms with van der Waals surface area (Å²) < 4.78 is 18.6. The lowest BCUT2D eigenvalue weighted by Gasteiger charge is -2.19. The molecule has 0 heterocycles. The summed E-state index contributed by atoms with van der Waals surface area (Å²) >= 11 is 0. The van der Waals surface area contributed by atoms with E-state index in [9.17, 15) is 14.5 Å². The van der Waals surface area contributed by atoms with Gasteiger partial charge in [-0.2, -0.15) is 5.26 Å². The molecule has 23 heavy (non-hydrogen) atoms. The average molecular weight is 315 g/mol. The van der Waals surface area contributed by atoms with Crippen LogP contribution in [-0.4, -0.2) is 19.1 Å². The Morgan fingerprint density at radius 2 is 2.09 bits per heavy atom. The van der Waals surface area contributed by atoms with Gasteiger partial charge in [-0.1, -0.05) is 6.07 Å². The van der Waals surface area contributed by atoms with Gasteiger partial charge in [0.15, 0.2) is 11.6 Å². The highest BCUT2D eigenvalue weighted by molar-refractivity contribution is 5.65. The molecule has 0 bridgehead atoms. The molecule has 0 fully saturated rings. The molecule has 118 valence electrons. The van der Waals surface area contributed by atoms with Gasteiger partial charge in [-0.05, 0) is 29.8 Å². The van der Waals surface area contributed by atoms with Crippen molar-refractivity contribution < 1.29 is 14.1 Å². The van der Waals surface area contributed by atoms with Crippen LogP contribution in [0.3, 0.4) is 0 Å². The smallest absolute Gasteiger partial charge is 0.293 e. The number of rotatable bonds is 5. The van der Waals surface area contributed by atoms with Gasteiger partial charge in [0.25, 0.3) is 5.69 Å². The normalized spacial score (nSPS) is 10.0. The molecule has 0 aliphatic heterocycles. The van der Waals surface area contributed by atoms with Crippen molar-refractivity contribution in [3.8, 4) is 11.8 Å². The molecule has 0 saturated carbocycles. The van der Waals surface area contributed by atoms with E-state index in [0.717, 1.165) is 0 Å². The molecule has 0 aliphatic carbocycles. The van der Waals surface area contributed by atoms with Gasteiger partial charge < -0.3 is 9.64 Å². The fourth-order valence-electron chi connectivity index (χ4n) is 2.23. The number of ether oxygens (including phenoxy) is 1. The molecule has 0 radical (unpaired) electrons. The lowest BCUT2D eigenvalue weighted by Crippen LogP contribution is -2.18. The second-order valence-electron chi connectivity index (χ2n) is 4.90. The SMILES string of the molecule is COc1ccc(CN(C)c2ccc(C#N)cc2[N+](=O)[O-])cc1F. The number of nitriles is 1. The van der Waals surface area contributed by atoms with E-state index < -0.39 is 10.7 Å². The van der Waals surface area contributed by atoms with Crippen LogP contribution in [0.5, 0.6) is 5.75 Å². The number of hydrogen-bond donors (Lipinski definition) is 0. The lowest BCUT2D eigenvalue weighted by atomic mass is 10.1. The van der Waals surface area contributed by atoms with Crippen molar-refractivity contribution in [1.82, 2.24) is 0 Å². The summed E-state index contributed by atoms with van der Waals surface area (Å²) in [6, 6.07) is 10.6. The Hall–Kier alpha value is -3.14. The van der Waals surface area contributed by atoms with Crippen molar-refractivity contribution in [1.29, 1.82) is 5.26 Å². The van der Waals surface area contributed by atoms with E-state index in [2.05, 4.69) is 0 Å². The molecule has 2 aromatic rings. The number of nitrogens with zero attached hydrogens (tertiary/aromatic N) is 3. The van der Waals surface area contributed by atoms with E-state index >= 15 is 0 Å². The maximum absolute atomic E-state index is 13.7. The zero-order valence-electron chi connectivity index (χ0n) is 12.6. The van der Waals surface area contributed by atoms with Crippen LogP contribution in [0.2, 0.25) is 0 Å². The number of benzene rings is 2. The molecule has 2 rings (SSSR count). The summed E-state index contributed by atoms with van der Waals surface area (Å²) in [5.74, 6) is -0.353. The zero-order valence-corrected chi connectivity index (χ0v) is 12.6. The maximum atomic E-state index is 13.7. The molecule has 0 aromatic heterocycles. The largest absolute Gasteiger partial charge is 0.494 e. The van der Waals surface area contributed by atoms with Crippen molar-refractivity contribution in [2.75, 3.05) is 19.1 Å². The van der Waals surface area contributed by atoms with Crippen LogP contribution in [-0.2, 0) is 6.54 Å². The topological polar surface area (TPSA) is 79.4 Å². The molecule has 7 heteroatoms. The minimum absolute atomic E-state index is 0.140. The summed E-state index contributed by atoms with van der Waals surface area (Å²) in [4.78, 5) is 12.3. The first-order chi connectivity index (χ1) is 11.0. The van der Waals surface area contributed by atoms with Gasteiger partial charge >= 0.3 is 0 Å². The molecule has 0 saturated heterocycles. The van der Waals surface area contributed by atoms with Crippen molar-refractivity contribution in [2.45, 2.75) is 6.54 Å². The van der Waals surface area contributed by atoms with Crippen molar-refractivity contribution >= 4 is 11.4 Å². The van der Waals surface area contributed by atoms with E-state index in [1.54, 1.807) is 18.0 Å². The van der Waals surface area contributed by atoms with Gasteiger partial charge in [0.1, 0.15) is 5.69 Å². The third kappa shape index (κ3) is 3.55. The van der Waals surface area contributed by atoms with Crippen LogP contribution < -0.4 is 9.64 Å². The number of halogens is 1. The van der Waals surface area contributed by atoms with Gasteiger partial charge in [-0.25, -0.2) is 4.39 Å². The number of nitro groups is 1. The summed E-state index contributed by atoms with van der Waals surface area (Å²) in [6.45, 7) is 0.271. The Morgan fingerprint density at radius 3 is 2.65 bits per heavy atom. The van der Waals surface area contributed by atoms with E-state index in [0.29, 0.717) is 11.3 Å². The summed E-state index contributed by atoms with van der Waals surface area (Å²) in [6.07, 6.45) is 0. The molecule has 0 amide bonds. The van der Waals surface area contributed by atoms with E-state index in [1.165, 1.54) is 37.4 Å². The van der Waals surface area contributed by atoms with Crippen LogP contribution >= 0.6 is 0 Å². The van der Waals surface area contributed by atoms with E-state index in [1.807, 2.05) is 6.07 Å². The fourth-order valence-corrected chi connectivity index (χ4v) is 2.23. The molecule has 0 aliphatic rings. The standard InChI is InChI=1S/C16H14FN3O3/c1-19(10-12-4-6-16(23-2)13(17)7-12)14-5-3-11(9-18)8-15(14)20(21)22/h3-8H,10H2,1-2H3. The minimum Gasteiger partial charge on any atom is -0.494 e. The van der Waals surface area contributed by atoms with Gasteiger partial charge in [0.05, 0.1) is 23.7 Å². The van der Waals surface area contributed by atoms with Crippen LogP contribution in [0.25, 0.3) is 0 Å². The molecule has 0 unspecified atom stereocenters. The molecule has 0 N–H and O–H groups in total. The Balaban J connectivity index is 2.30. The predicted molar refractivity (Wildman–Crippen MR) is 82.9 cm³/mol. The first-order valence-electron chi connectivity index (χ1n) is 6.68. The van der Waals surface area contributed by atoms with Gasteiger partial charge in [-0.3, -0.25) is 10.1 Å².